The molecule has 11 heteroatoms. The van der Waals surface area contributed by atoms with Gasteiger partial charge in [-0.25, -0.2) is 9.69 Å². The van der Waals surface area contributed by atoms with Gasteiger partial charge in [0.1, 0.15) is 6.61 Å². The minimum Gasteiger partial charge on any atom is -0.493 e. The zero-order chi connectivity index (χ0) is 29.4. The second-order valence-electron chi connectivity index (χ2n) is 10.4. The lowest BCUT2D eigenvalue weighted by Crippen LogP contribution is -2.57. The number of carbonyl (C=O) groups is 3. The predicted octanol–water partition coefficient (Wildman–Crippen LogP) is 4.89. The van der Waals surface area contributed by atoms with E-state index >= 15 is 0 Å². The number of carboxylic acid groups (broad SMARTS) is 1. The van der Waals surface area contributed by atoms with Gasteiger partial charge in [-0.05, 0) is 64.0 Å². The highest BCUT2D eigenvalue weighted by Crippen LogP contribution is 2.42. The Morgan fingerprint density at radius 1 is 1.17 bits per heavy atom. The van der Waals surface area contributed by atoms with E-state index in [-0.39, 0.29) is 49.0 Å². The summed E-state index contributed by atoms with van der Waals surface area (Å²) >= 11 is 0. The van der Waals surface area contributed by atoms with E-state index in [9.17, 15) is 14.4 Å². The van der Waals surface area contributed by atoms with E-state index in [1.54, 1.807) is 29.2 Å². The maximum atomic E-state index is 14.0. The van der Waals surface area contributed by atoms with Crippen LogP contribution in [-0.2, 0) is 19.0 Å². The Kier molecular flexibility index (Phi) is 10.6. The van der Waals surface area contributed by atoms with E-state index in [4.69, 9.17) is 28.8 Å². The van der Waals surface area contributed by atoms with Gasteiger partial charge in [-0.3, -0.25) is 9.59 Å². The molecule has 0 bridgehead atoms. The molecule has 0 saturated carbocycles. The van der Waals surface area contributed by atoms with E-state index in [1.807, 2.05) is 6.92 Å². The molecule has 0 aliphatic carbocycles. The van der Waals surface area contributed by atoms with Crippen LogP contribution in [0.15, 0.2) is 36.4 Å². The van der Waals surface area contributed by atoms with Crippen molar-refractivity contribution in [1.29, 1.82) is 0 Å². The van der Waals surface area contributed by atoms with Gasteiger partial charge in [-0.15, -0.1) is 0 Å². The molecule has 11 nitrogen and oxygen atoms in total. The molecule has 224 valence electrons. The number of allylic oxidation sites excluding steroid dienone is 2. The number of nitrogens with zero attached hydrogens (tertiary/aromatic N) is 2. The molecule has 2 fully saturated rings. The van der Waals surface area contributed by atoms with Gasteiger partial charge >= 0.3 is 12.1 Å². The monoisotopic (exact) mass is 572 g/mol. The topological polar surface area (TPSA) is 124 Å². The summed E-state index contributed by atoms with van der Waals surface area (Å²) in [6, 6.07) is 2.73. The molecule has 1 aromatic rings. The molecule has 2 amide bonds. The Morgan fingerprint density at radius 2 is 1.98 bits per heavy atom. The van der Waals surface area contributed by atoms with Gasteiger partial charge < -0.3 is 33.7 Å². The summed E-state index contributed by atoms with van der Waals surface area (Å²) < 4.78 is 29.5. The molecular weight excluding hydrogens is 532 g/mol. The number of rotatable bonds is 11. The summed E-state index contributed by atoms with van der Waals surface area (Å²) in [6.45, 7) is 6.86. The van der Waals surface area contributed by atoms with Gasteiger partial charge in [0.15, 0.2) is 24.0 Å². The second kappa shape index (κ2) is 14.4. The number of methoxy groups -OCH3 is 1. The largest absolute Gasteiger partial charge is 0.493 e. The van der Waals surface area contributed by atoms with Crippen molar-refractivity contribution >= 4 is 23.7 Å². The van der Waals surface area contributed by atoms with E-state index in [2.05, 4.69) is 6.58 Å². The molecule has 3 atom stereocenters. The van der Waals surface area contributed by atoms with Crippen molar-refractivity contribution in [1.82, 2.24) is 4.90 Å². The lowest BCUT2D eigenvalue weighted by molar-refractivity contribution is -0.198. The summed E-state index contributed by atoms with van der Waals surface area (Å²) in [4.78, 5) is 42.0. The summed E-state index contributed by atoms with van der Waals surface area (Å²) in [5.74, 6) is -0.592. The number of piperidine rings is 1. The molecule has 0 radical (unpaired) electrons. The number of carboxylic acids is 1. The molecule has 41 heavy (non-hydrogen) atoms. The third kappa shape index (κ3) is 7.59. The summed E-state index contributed by atoms with van der Waals surface area (Å²) in [5, 5.41) is 9.00. The Hall–Kier alpha value is -3.57. The summed E-state index contributed by atoms with van der Waals surface area (Å²) in [5.41, 5.74) is 1.35. The SMILES string of the molecule is C=C(C)/C=C\COC(=O)N1c2cc(OCCCC(=O)O)c(OC)cc2C(=O)N2CCCC[C@H]2C1OC1CCCCO1. The first kappa shape index (κ1) is 30.4. The van der Waals surface area contributed by atoms with Gasteiger partial charge in [0.2, 0.25) is 0 Å². The van der Waals surface area contributed by atoms with Gasteiger partial charge in [0.05, 0.1) is 31.0 Å². The number of ether oxygens (including phenoxy) is 5. The molecule has 0 aromatic heterocycles. The minimum atomic E-state index is -0.927. The Labute approximate surface area is 240 Å². The van der Waals surface area contributed by atoms with Gasteiger partial charge in [-0.2, -0.15) is 0 Å². The van der Waals surface area contributed by atoms with Crippen molar-refractivity contribution in [3.8, 4) is 11.5 Å². The van der Waals surface area contributed by atoms with E-state index in [0.29, 0.717) is 31.7 Å². The first-order chi connectivity index (χ1) is 19.8. The molecule has 1 N–H and O–H groups in total. The van der Waals surface area contributed by atoms with E-state index < -0.39 is 30.6 Å². The number of aliphatic carboxylic acids is 1. The standard InChI is InChI=1S/C30H40N2O9/c1-20(2)10-8-17-40-30(36)32-23-19-25(38-16-9-12-26(33)34)24(37-3)18-21(23)28(35)31-14-6-4-11-22(31)29(32)41-27-13-5-7-15-39-27/h8,10,18-19,22,27,29H,1,4-7,9,11-17H2,2-3H3,(H,33,34)/b10-8-/t22-,27?,29?/m0/s1. The van der Waals surface area contributed by atoms with Crippen LogP contribution in [0.2, 0.25) is 0 Å². The van der Waals surface area contributed by atoms with E-state index in [1.165, 1.54) is 12.0 Å². The molecular formula is C30H40N2O9. The van der Waals surface area contributed by atoms with E-state index in [0.717, 1.165) is 31.3 Å². The normalized spacial score (nSPS) is 22.5. The van der Waals surface area contributed by atoms with Crippen LogP contribution < -0.4 is 14.4 Å². The predicted molar refractivity (Wildman–Crippen MR) is 150 cm³/mol. The quantitative estimate of drug-likeness (QED) is 0.291. The van der Waals surface area contributed by atoms with Crippen molar-refractivity contribution in [2.75, 3.05) is 38.4 Å². The second-order valence-corrected chi connectivity index (χ2v) is 10.4. The molecule has 1 aromatic carbocycles. The fourth-order valence-corrected chi connectivity index (χ4v) is 5.33. The third-order valence-corrected chi connectivity index (χ3v) is 7.29. The van der Waals surface area contributed by atoms with Crippen LogP contribution in [0.3, 0.4) is 0 Å². The average molecular weight is 573 g/mol. The molecule has 4 rings (SSSR count). The highest BCUT2D eigenvalue weighted by atomic mass is 16.7. The Morgan fingerprint density at radius 3 is 2.68 bits per heavy atom. The van der Waals surface area contributed by atoms with Crippen molar-refractivity contribution in [3.63, 3.8) is 0 Å². The zero-order valence-corrected chi connectivity index (χ0v) is 23.8. The van der Waals surface area contributed by atoms with Gasteiger partial charge in [0.25, 0.3) is 5.91 Å². The zero-order valence-electron chi connectivity index (χ0n) is 23.8. The molecule has 3 aliphatic rings. The van der Waals surface area contributed by atoms with Crippen molar-refractivity contribution in [2.45, 2.75) is 76.9 Å². The van der Waals surface area contributed by atoms with Crippen LogP contribution in [-0.4, -0.2) is 80.0 Å². The number of anilines is 1. The van der Waals surface area contributed by atoms with Gasteiger partial charge in [-0.1, -0.05) is 18.2 Å². The van der Waals surface area contributed by atoms with Crippen LogP contribution in [0, 0.1) is 0 Å². The number of fused-ring (bicyclic) bond motifs is 2. The van der Waals surface area contributed by atoms with Crippen LogP contribution in [0.1, 0.15) is 68.6 Å². The maximum Gasteiger partial charge on any atom is 0.416 e. The average Bonchev–Trinajstić information content (AvgIpc) is 3.06. The molecule has 2 unspecified atom stereocenters. The van der Waals surface area contributed by atoms with Crippen molar-refractivity contribution in [3.05, 3.63) is 42.0 Å². The van der Waals surface area contributed by atoms with Crippen LogP contribution >= 0.6 is 0 Å². The van der Waals surface area contributed by atoms with Crippen molar-refractivity contribution < 1.29 is 43.2 Å². The number of benzene rings is 1. The molecule has 0 spiro atoms. The van der Waals surface area contributed by atoms with Crippen LogP contribution in [0.5, 0.6) is 11.5 Å². The highest BCUT2D eigenvalue weighted by molar-refractivity contribution is 6.06. The van der Waals surface area contributed by atoms with Crippen LogP contribution in [0.25, 0.3) is 0 Å². The first-order valence-electron chi connectivity index (χ1n) is 14.2. The lowest BCUT2D eigenvalue weighted by Gasteiger charge is -2.42. The number of hydrogen-bond acceptors (Lipinski definition) is 8. The maximum absolute atomic E-state index is 14.0. The lowest BCUT2D eigenvalue weighted by atomic mass is 10.00. The number of carbonyl (C=O) groups excluding carboxylic acids is 2. The molecule has 3 aliphatic heterocycles. The van der Waals surface area contributed by atoms with Crippen molar-refractivity contribution in [2.24, 2.45) is 0 Å². The molecule has 2 saturated heterocycles. The minimum absolute atomic E-state index is 0.00119. The highest BCUT2D eigenvalue weighted by Gasteiger charge is 2.46. The van der Waals surface area contributed by atoms with Gasteiger partial charge in [0, 0.05) is 25.6 Å². The number of amides is 2. The summed E-state index contributed by atoms with van der Waals surface area (Å²) in [6.07, 6.45) is 6.49. The summed E-state index contributed by atoms with van der Waals surface area (Å²) in [7, 11) is 1.46. The Bertz CT molecular complexity index is 1150. The van der Waals surface area contributed by atoms with Crippen LogP contribution in [0.4, 0.5) is 10.5 Å². The number of hydrogen-bond donors (Lipinski definition) is 1. The smallest absolute Gasteiger partial charge is 0.416 e. The fraction of sp³-hybridized carbons (Fsp3) is 0.567. The Balaban J connectivity index is 1.77. The third-order valence-electron chi connectivity index (χ3n) is 7.29. The first-order valence-corrected chi connectivity index (χ1v) is 14.2. The fourth-order valence-electron chi connectivity index (χ4n) is 5.33. The molecule has 3 heterocycles.